The van der Waals surface area contributed by atoms with Gasteiger partial charge >= 0.3 is 0 Å². The Hall–Kier alpha value is 0.950. The van der Waals surface area contributed by atoms with Crippen molar-refractivity contribution >= 4 is 43.5 Å². The van der Waals surface area contributed by atoms with Crippen LogP contribution in [0.4, 0.5) is 0 Å². The predicted octanol–water partition coefficient (Wildman–Crippen LogP) is 5.03. The lowest BCUT2D eigenvalue weighted by molar-refractivity contribution is -0.0175. The van der Waals surface area contributed by atoms with Crippen LogP contribution in [-0.4, -0.2) is 25.7 Å². The summed E-state index contributed by atoms with van der Waals surface area (Å²) in [6.45, 7) is 10.9. The van der Waals surface area contributed by atoms with Crippen LogP contribution in [0.5, 0.6) is 0 Å². The Balaban J connectivity index is 2.39. The van der Waals surface area contributed by atoms with Crippen molar-refractivity contribution in [3.63, 3.8) is 0 Å². The maximum atomic E-state index is 10.2. The first kappa shape index (κ1) is 16.3. The molecule has 0 saturated heterocycles. The Bertz CT molecular complexity index is 394. The van der Waals surface area contributed by atoms with Gasteiger partial charge in [0, 0.05) is 14.5 Å². The standard InChI is InChI=1S/C15H23Br2ClO/c1-9-7-10(19)12(16)13(2,3)15(9)6-5-14(4,17)11(18)8-15/h10-12,19H,1,5-8H2,2-4H3/t10-,11?,12-,14+,15+/m1/s1. The SMILES string of the molecule is C=C1C[C@@H](O)[C@@H](Br)C(C)(C)[C@]12CC[C@](C)(Br)C(Cl)C2. The zero-order valence-corrected chi connectivity index (χ0v) is 15.8. The zero-order valence-electron chi connectivity index (χ0n) is 11.8. The number of aliphatic hydroxyl groups is 1. The molecule has 0 heterocycles. The molecule has 1 spiro atoms. The first-order valence-electron chi connectivity index (χ1n) is 6.88. The van der Waals surface area contributed by atoms with E-state index in [9.17, 15) is 5.11 Å². The smallest absolute Gasteiger partial charge is 0.0707 e. The Kier molecular flexibility index (Phi) is 4.29. The molecule has 0 bridgehead atoms. The van der Waals surface area contributed by atoms with Gasteiger partial charge in [-0.1, -0.05) is 57.9 Å². The molecule has 2 rings (SSSR count). The lowest BCUT2D eigenvalue weighted by Gasteiger charge is -2.60. The predicted molar refractivity (Wildman–Crippen MR) is 89.5 cm³/mol. The topological polar surface area (TPSA) is 20.2 Å². The molecular formula is C15H23Br2ClO. The van der Waals surface area contributed by atoms with Crippen LogP contribution in [0.3, 0.4) is 0 Å². The third kappa shape index (κ3) is 2.37. The van der Waals surface area contributed by atoms with Gasteiger partial charge in [0.05, 0.1) is 6.10 Å². The number of alkyl halides is 3. The average Bonchev–Trinajstić information content (AvgIpc) is 2.29. The van der Waals surface area contributed by atoms with Gasteiger partial charge in [-0.3, -0.25) is 0 Å². The van der Waals surface area contributed by atoms with E-state index in [0.29, 0.717) is 6.42 Å². The van der Waals surface area contributed by atoms with Crippen LogP contribution in [0, 0.1) is 10.8 Å². The third-order valence-electron chi connectivity index (χ3n) is 5.61. The fourth-order valence-electron chi connectivity index (χ4n) is 3.89. The molecule has 0 amide bonds. The van der Waals surface area contributed by atoms with Gasteiger partial charge in [0.1, 0.15) is 0 Å². The molecule has 2 aliphatic rings. The van der Waals surface area contributed by atoms with E-state index in [4.69, 9.17) is 11.6 Å². The van der Waals surface area contributed by atoms with E-state index in [0.717, 1.165) is 19.3 Å². The highest BCUT2D eigenvalue weighted by Crippen LogP contribution is 2.64. The van der Waals surface area contributed by atoms with Crippen molar-refractivity contribution in [1.29, 1.82) is 0 Å². The summed E-state index contributed by atoms with van der Waals surface area (Å²) < 4.78 is 0.00797. The zero-order chi connectivity index (χ0) is 14.6. The summed E-state index contributed by atoms with van der Waals surface area (Å²) in [4.78, 5) is 0.0917. The first-order valence-corrected chi connectivity index (χ1v) is 9.02. The second-order valence-corrected chi connectivity index (χ2v) is 10.4. The van der Waals surface area contributed by atoms with Crippen LogP contribution in [0.25, 0.3) is 0 Å². The summed E-state index contributed by atoms with van der Waals surface area (Å²) >= 11 is 14.1. The Morgan fingerprint density at radius 3 is 2.42 bits per heavy atom. The van der Waals surface area contributed by atoms with Crippen molar-refractivity contribution in [2.75, 3.05) is 0 Å². The number of aliphatic hydroxyl groups excluding tert-OH is 1. The minimum Gasteiger partial charge on any atom is -0.392 e. The fourth-order valence-corrected chi connectivity index (χ4v) is 5.25. The van der Waals surface area contributed by atoms with Crippen LogP contribution in [-0.2, 0) is 0 Å². The molecule has 0 aliphatic heterocycles. The summed E-state index contributed by atoms with van der Waals surface area (Å²) in [5.41, 5.74) is 1.16. The Morgan fingerprint density at radius 1 is 1.32 bits per heavy atom. The molecular weight excluding hydrogens is 391 g/mol. The Morgan fingerprint density at radius 2 is 1.89 bits per heavy atom. The van der Waals surface area contributed by atoms with Gasteiger partial charge in [0.25, 0.3) is 0 Å². The summed E-state index contributed by atoms with van der Waals surface area (Å²) in [6.07, 6.45) is 3.39. The van der Waals surface area contributed by atoms with E-state index in [1.54, 1.807) is 0 Å². The maximum Gasteiger partial charge on any atom is 0.0707 e. The van der Waals surface area contributed by atoms with E-state index in [1.807, 2.05) is 0 Å². The van der Waals surface area contributed by atoms with Gasteiger partial charge in [-0.25, -0.2) is 0 Å². The third-order valence-corrected chi connectivity index (χ3v) is 9.22. The van der Waals surface area contributed by atoms with Crippen LogP contribution in [0.1, 0.15) is 46.5 Å². The summed E-state index contributed by atoms with van der Waals surface area (Å²) in [5.74, 6) is 0. The molecule has 4 heteroatoms. The highest BCUT2D eigenvalue weighted by molar-refractivity contribution is 9.10. The lowest BCUT2D eigenvalue weighted by atomic mass is 9.49. The van der Waals surface area contributed by atoms with Crippen molar-refractivity contribution in [1.82, 2.24) is 0 Å². The van der Waals surface area contributed by atoms with Crippen molar-refractivity contribution in [3.8, 4) is 0 Å². The highest BCUT2D eigenvalue weighted by atomic mass is 79.9. The van der Waals surface area contributed by atoms with E-state index >= 15 is 0 Å². The van der Waals surface area contributed by atoms with E-state index in [-0.39, 0.29) is 31.5 Å². The lowest BCUT2D eigenvalue weighted by Crippen LogP contribution is -2.58. The van der Waals surface area contributed by atoms with Gasteiger partial charge in [0.15, 0.2) is 0 Å². The van der Waals surface area contributed by atoms with Crippen LogP contribution in [0.2, 0.25) is 0 Å². The molecule has 1 N–H and O–H groups in total. The summed E-state index contributed by atoms with van der Waals surface area (Å²) in [6, 6.07) is 0. The molecule has 1 nitrogen and oxygen atoms in total. The number of hydrogen-bond donors (Lipinski definition) is 1. The van der Waals surface area contributed by atoms with Gasteiger partial charge in [-0.15, -0.1) is 11.6 Å². The molecule has 0 aromatic heterocycles. The molecule has 0 aromatic carbocycles. The molecule has 5 atom stereocenters. The Labute approximate surface area is 138 Å². The normalized spacial score (nSPS) is 50.5. The number of hydrogen-bond acceptors (Lipinski definition) is 1. The fraction of sp³-hybridized carbons (Fsp3) is 0.867. The summed E-state index contributed by atoms with van der Waals surface area (Å²) in [7, 11) is 0. The molecule has 0 radical (unpaired) electrons. The van der Waals surface area contributed by atoms with Gasteiger partial charge in [0.2, 0.25) is 0 Å². The highest BCUT2D eigenvalue weighted by Gasteiger charge is 2.59. The second-order valence-electron chi connectivity index (χ2n) is 7.03. The van der Waals surface area contributed by atoms with Crippen LogP contribution >= 0.6 is 43.5 Å². The molecule has 2 fully saturated rings. The van der Waals surface area contributed by atoms with Gasteiger partial charge < -0.3 is 5.11 Å². The van der Waals surface area contributed by atoms with E-state index in [1.165, 1.54) is 5.57 Å². The minimum absolute atomic E-state index is 0.00797. The van der Waals surface area contributed by atoms with Crippen LogP contribution < -0.4 is 0 Å². The van der Waals surface area contributed by atoms with E-state index < -0.39 is 0 Å². The number of rotatable bonds is 0. The molecule has 110 valence electrons. The molecule has 2 aliphatic carbocycles. The van der Waals surface area contributed by atoms with Crippen molar-refractivity contribution in [2.24, 2.45) is 10.8 Å². The largest absolute Gasteiger partial charge is 0.392 e. The van der Waals surface area contributed by atoms with Crippen molar-refractivity contribution in [2.45, 2.75) is 67.1 Å². The quantitative estimate of drug-likeness (QED) is 0.435. The monoisotopic (exact) mass is 412 g/mol. The molecule has 2 saturated carbocycles. The van der Waals surface area contributed by atoms with Crippen molar-refractivity contribution in [3.05, 3.63) is 12.2 Å². The van der Waals surface area contributed by atoms with Gasteiger partial charge in [-0.05, 0) is 43.4 Å². The average molecular weight is 415 g/mol. The molecule has 1 unspecified atom stereocenters. The van der Waals surface area contributed by atoms with E-state index in [2.05, 4.69) is 59.2 Å². The second kappa shape index (κ2) is 5.00. The molecule has 19 heavy (non-hydrogen) atoms. The molecule has 0 aromatic rings. The number of halogens is 3. The van der Waals surface area contributed by atoms with Crippen molar-refractivity contribution < 1.29 is 5.11 Å². The van der Waals surface area contributed by atoms with Gasteiger partial charge in [-0.2, -0.15) is 0 Å². The first-order chi connectivity index (χ1) is 8.54. The summed E-state index contributed by atoms with van der Waals surface area (Å²) in [5, 5.41) is 10.3. The van der Waals surface area contributed by atoms with Crippen LogP contribution in [0.15, 0.2) is 12.2 Å². The minimum atomic E-state index is -0.348. The maximum absolute atomic E-state index is 10.2.